The van der Waals surface area contributed by atoms with Gasteiger partial charge in [-0.2, -0.15) is 0 Å². The average molecular weight is 413 g/mol. The molecule has 1 atom stereocenters. The van der Waals surface area contributed by atoms with Crippen LogP contribution in [-0.4, -0.2) is 19.2 Å². The number of hydrogen-bond acceptors (Lipinski definition) is 4. The van der Waals surface area contributed by atoms with E-state index in [0.29, 0.717) is 24.5 Å². The molecule has 0 fully saturated rings. The summed E-state index contributed by atoms with van der Waals surface area (Å²) >= 11 is 0. The SMILES string of the molecule is CCCCCCOc1ccc(C(=O)Oc2ccc(OCCCC(C)CC)cc2)cc1. The number of carbonyl (C=O) groups is 1. The smallest absolute Gasteiger partial charge is 0.343 e. The Morgan fingerprint density at radius 2 is 1.33 bits per heavy atom. The number of benzene rings is 2. The maximum absolute atomic E-state index is 12.4. The molecule has 0 aromatic heterocycles. The van der Waals surface area contributed by atoms with E-state index in [-0.39, 0.29) is 5.97 Å². The van der Waals surface area contributed by atoms with Crippen LogP contribution in [-0.2, 0) is 0 Å². The second-order valence-corrected chi connectivity index (χ2v) is 7.80. The number of rotatable bonds is 14. The highest BCUT2D eigenvalue weighted by Crippen LogP contribution is 2.20. The predicted molar refractivity (Wildman–Crippen MR) is 122 cm³/mol. The van der Waals surface area contributed by atoms with Crippen molar-refractivity contribution in [3.63, 3.8) is 0 Å². The molecule has 0 aliphatic rings. The van der Waals surface area contributed by atoms with Crippen molar-refractivity contribution >= 4 is 5.97 Å². The van der Waals surface area contributed by atoms with Gasteiger partial charge in [0.1, 0.15) is 17.2 Å². The van der Waals surface area contributed by atoms with Crippen LogP contribution in [0.25, 0.3) is 0 Å². The zero-order valence-electron chi connectivity index (χ0n) is 18.7. The molecule has 2 aromatic rings. The summed E-state index contributed by atoms with van der Waals surface area (Å²) in [5, 5.41) is 0. The molecule has 2 rings (SSSR count). The fourth-order valence-electron chi connectivity index (χ4n) is 3.00. The topological polar surface area (TPSA) is 44.8 Å². The Labute approximate surface area is 181 Å². The van der Waals surface area contributed by atoms with Gasteiger partial charge in [0.05, 0.1) is 18.8 Å². The van der Waals surface area contributed by atoms with Gasteiger partial charge in [0.2, 0.25) is 0 Å². The molecule has 2 aromatic carbocycles. The molecule has 30 heavy (non-hydrogen) atoms. The lowest BCUT2D eigenvalue weighted by atomic mass is 10.0. The second kappa shape index (κ2) is 13.7. The van der Waals surface area contributed by atoms with Crippen molar-refractivity contribution in [2.75, 3.05) is 13.2 Å². The van der Waals surface area contributed by atoms with Gasteiger partial charge in [-0.05, 0) is 73.7 Å². The van der Waals surface area contributed by atoms with Crippen molar-refractivity contribution in [1.29, 1.82) is 0 Å². The first kappa shape index (κ1) is 23.8. The maximum atomic E-state index is 12.4. The summed E-state index contributed by atoms with van der Waals surface area (Å²) in [6.07, 6.45) is 8.11. The van der Waals surface area contributed by atoms with Crippen molar-refractivity contribution in [2.45, 2.75) is 65.7 Å². The zero-order valence-corrected chi connectivity index (χ0v) is 18.7. The molecule has 0 radical (unpaired) electrons. The third-order valence-corrected chi connectivity index (χ3v) is 5.20. The molecule has 1 unspecified atom stereocenters. The minimum atomic E-state index is -0.383. The zero-order chi connectivity index (χ0) is 21.6. The van der Waals surface area contributed by atoms with Crippen LogP contribution in [0, 0.1) is 5.92 Å². The van der Waals surface area contributed by atoms with Gasteiger partial charge in [-0.1, -0.05) is 46.5 Å². The monoisotopic (exact) mass is 412 g/mol. The van der Waals surface area contributed by atoms with Crippen LogP contribution in [0.4, 0.5) is 0 Å². The summed E-state index contributed by atoms with van der Waals surface area (Å²) in [6.45, 7) is 8.07. The van der Waals surface area contributed by atoms with E-state index in [2.05, 4.69) is 20.8 Å². The molecule has 164 valence electrons. The van der Waals surface area contributed by atoms with Crippen LogP contribution in [0.3, 0.4) is 0 Å². The van der Waals surface area contributed by atoms with Crippen molar-refractivity contribution in [3.05, 3.63) is 54.1 Å². The van der Waals surface area contributed by atoms with Crippen molar-refractivity contribution < 1.29 is 19.0 Å². The lowest BCUT2D eigenvalue weighted by Crippen LogP contribution is -2.08. The molecule has 0 amide bonds. The summed E-state index contributed by atoms with van der Waals surface area (Å²) in [6, 6.07) is 14.3. The van der Waals surface area contributed by atoms with Gasteiger partial charge >= 0.3 is 5.97 Å². The fourth-order valence-corrected chi connectivity index (χ4v) is 3.00. The van der Waals surface area contributed by atoms with Gasteiger partial charge in [-0.3, -0.25) is 0 Å². The van der Waals surface area contributed by atoms with Crippen molar-refractivity contribution in [1.82, 2.24) is 0 Å². The van der Waals surface area contributed by atoms with E-state index in [0.717, 1.165) is 30.3 Å². The molecule has 0 aliphatic carbocycles. The van der Waals surface area contributed by atoms with Crippen molar-refractivity contribution in [3.8, 4) is 17.2 Å². The minimum Gasteiger partial charge on any atom is -0.494 e. The highest BCUT2D eigenvalue weighted by Gasteiger charge is 2.09. The van der Waals surface area contributed by atoms with Crippen molar-refractivity contribution in [2.24, 2.45) is 5.92 Å². The minimum absolute atomic E-state index is 0.383. The Hall–Kier alpha value is -2.49. The second-order valence-electron chi connectivity index (χ2n) is 7.80. The van der Waals surface area contributed by atoms with Crippen LogP contribution in [0.5, 0.6) is 17.2 Å². The molecule has 0 bridgehead atoms. The summed E-state index contributed by atoms with van der Waals surface area (Å²) in [5.41, 5.74) is 0.499. The normalized spacial score (nSPS) is 11.7. The molecule has 0 saturated carbocycles. The van der Waals surface area contributed by atoms with Gasteiger partial charge in [0, 0.05) is 0 Å². The number of hydrogen-bond donors (Lipinski definition) is 0. The van der Waals surface area contributed by atoms with Crippen LogP contribution in [0.1, 0.15) is 76.1 Å². The average Bonchev–Trinajstić information content (AvgIpc) is 2.78. The third kappa shape index (κ3) is 8.89. The van der Waals surface area contributed by atoms with Gasteiger partial charge < -0.3 is 14.2 Å². The predicted octanol–water partition coefficient (Wildman–Crippen LogP) is 7.07. The Bertz CT molecular complexity index is 722. The summed E-state index contributed by atoms with van der Waals surface area (Å²) in [5.74, 6) is 2.43. The van der Waals surface area contributed by atoms with Gasteiger partial charge in [-0.25, -0.2) is 4.79 Å². The third-order valence-electron chi connectivity index (χ3n) is 5.20. The quantitative estimate of drug-likeness (QED) is 0.189. The van der Waals surface area contributed by atoms with Crippen LogP contribution in [0.2, 0.25) is 0 Å². The van der Waals surface area contributed by atoms with Crippen LogP contribution >= 0.6 is 0 Å². The molecule has 0 aliphatic heterocycles. The standard InChI is InChI=1S/C26H36O4/c1-4-6-7-8-19-28-23-13-11-22(12-14-23)26(27)30-25-17-15-24(16-18-25)29-20-9-10-21(3)5-2/h11-18,21H,4-10,19-20H2,1-3H3. The molecule has 0 saturated heterocycles. The molecule has 4 nitrogen and oxygen atoms in total. The first-order chi connectivity index (χ1) is 14.6. The number of ether oxygens (including phenoxy) is 3. The van der Waals surface area contributed by atoms with Gasteiger partial charge in [0.15, 0.2) is 0 Å². The van der Waals surface area contributed by atoms with E-state index in [1.165, 1.54) is 32.1 Å². The summed E-state index contributed by atoms with van der Waals surface area (Å²) in [7, 11) is 0. The lowest BCUT2D eigenvalue weighted by Gasteiger charge is -2.10. The highest BCUT2D eigenvalue weighted by molar-refractivity contribution is 5.91. The Morgan fingerprint density at radius 3 is 1.93 bits per heavy atom. The number of carbonyl (C=O) groups excluding carboxylic acids is 1. The lowest BCUT2D eigenvalue weighted by molar-refractivity contribution is 0.0734. The Kier molecular flexibility index (Phi) is 10.8. The van der Waals surface area contributed by atoms with E-state index >= 15 is 0 Å². The largest absolute Gasteiger partial charge is 0.494 e. The van der Waals surface area contributed by atoms with Crippen LogP contribution < -0.4 is 14.2 Å². The van der Waals surface area contributed by atoms with E-state index in [1.807, 2.05) is 24.3 Å². The Balaban J connectivity index is 1.74. The summed E-state index contributed by atoms with van der Waals surface area (Å²) < 4.78 is 16.9. The first-order valence-corrected chi connectivity index (χ1v) is 11.3. The first-order valence-electron chi connectivity index (χ1n) is 11.3. The summed E-state index contributed by atoms with van der Waals surface area (Å²) in [4.78, 5) is 12.4. The van der Waals surface area contributed by atoms with E-state index in [1.54, 1.807) is 24.3 Å². The molecular weight excluding hydrogens is 376 g/mol. The highest BCUT2D eigenvalue weighted by atomic mass is 16.5. The molecule has 0 spiro atoms. The molecular formula is C26H36O4. The number of esters is 1. The Morgan fingerprint density at radius 1 is 0.767 bits per heavy atom. The maximum Gasteiger partial charge on any atom is 0.343 e. The van der Waals surface area contributed by atoms with Crippen LogP contribution in [0.15, 0.2) is 48.5 Å². The van der Waals surface area contributed by atoms with E-state index in [9.17, 15) is 4.79 Å². The fraction of sp³-hybridized carbons (Fsp3) is 0.500. The number of unbranched alkanes of at least 4 members (excludes halogenated alkanes) is 3. The molecule has 0 heterocycles. The van der Waals surface area contributed by atoms with E-state index < -0.39 is 0 Å². The van der Waals surface area contributed by atoms with Gasteiger partial charge in [0.25, 0.3) is 0 Å². The molecule has 0 N–H and O–H groups in total. The molecule has 4 heteroatoms. The van der Waals surface area contributed by atoms with Gasteiger partial charge in [-0.15, -0.1) is 0 Å². The van der Waals surface area contributed by atoms with E-state index in [4.69, 9.17) is 14.2 Å².